The van der Waals surface area contributed by atoms with Crippen molar-refractivity contribution in [3.63, 3.8) is 0 Å². The summed E-state index contributed by atoms with van der Waals surface area (Å²) in [6.45, 7) is 2.39. The van der Waals surface area contributed by atoms with Crippen LogP contribution in [0.3, 0.4) is 0 Å². The molecular formula is C27H29N2O12S2+. The molecule has 16 heteroatoms. The summed E-state index contributed by atoms with van der Waals surface area (Å²) in [4.78, 5) is 1.77. The fourth-order valence-electron chi connectivity index (χ4n) is 5.14. The first kappa shape index (κ1) is 29.1. The number of anilines is 1. The van der Waals surface area contributed by atoms with E-state index in [1.165, 1.54) is 0 Å². The van der Waals surface area contributed by atoms with Crippen molar-refractivity contribution in [1.29, 1.82) is 0 Å². The van der Waals surface area contributed by atoms with Crippen molar-refractivity contribution < 1.29 is 58.6 Å². The first-order chi connectivity index (χ1) is 20.5. The smallest absolute Gasteiger partial charge is 0.374 e. The second-order valence-corrected chi connectivity index (χ2v) is 13.1. The molecule has 0 bridgehead atoms. The summed E-state index contributed by atoms with van der Waals surface area (Å²) < 4.78 is 101. The number of oxazole rings is 1. The van der Waals surface area contributed by atoms with E-state index >= 15 is 0 Å². The van der Waals surface area contributed by atoms with Gasteiger partial charge in [-0.05, 0) is 42.7 Å². The summed E-state index contributed by atoms with van der Waals surface area (Å²) in [5.74, 6) is 2.42. The highest BCUT2D eigenvalue weighted by Crippen LogP contribution is 2.52. The van der Waals surface area contributed by atoms with Gasteiger partial charge >= 0.3 is 5.89 Å². The number of fused-ring (bicyclic) bond motifs is 6. The highest BCUT2D eigenvalue weighted by atomic mass is 32.2. The fourth-order valence-corrected chi connectivity index (χ4v) is 6.13. The molecule has 0 atom stereocenters. The maximum Gasteiger partial charge on any atom is 0.374 e. The summed E-state index contributed by atoms with van der Waals surface area (Å²) in [6.07, 6.45) is 4.32. The second kappa shape index (κ2) is 11.3. The molecule has 14 nitrogen and oxygen atoms in total. The van der Waals surface area contributed by atoms with Crippen molar-refractivity contribution in [3.05, 3.63) is 47.7 Å². The molecule has 4 heterocycles. The normalized spacial score (nSPS) is 16.8. The van der Waals surface area contributed by atoms with Crippen LogP contribution < -0.4 is 33.2 Å². The van der Waals surface area contributed by atoms with E-state index in [4.69, 9.17) is 28.1 Å². The molecule has 0 amide bonds. The van der Waals surface area contributed by atoms with Crippen LogP contribution in [0.2, 0.25) is 0 Å². The van der Waals surface area contributed by atoms with Crippen LogP contribution in [0.1, 0.15) is 32.1 Å². The highest BCUT2D eigenvalue weighted by Gasteiger charge is 2.35. The molecule has 0 spiro atoms. The van der Waals surface area contributed by atoms with Gasteiger partial charge in [0.1, 0.15) is 5.69 Å². The van der Waals surface area contributed by atoms with Crippen molar-refractivity contribution in [2.45, 2.75) is 32.7 Å². The number of benzene rings is 2. The average Bonchev–Trinajstić information content (AvgIpc) is 3.71. The summed E-state index contributed by atoms with van der Waals surface area (Å²) in [7, 11) is -8.34. The summed E-state index contributed by atoms with van der Waals surface area (Å²) in [5.41, 5.74) is 2.43. The van der Waals surface area contributed by atoms with Gasteiger partial charge in [-0.2, -0.15) is 21.4 Å². The molecule has 2 N–H and O–H groups in total. The van der Waals surface area contributed by atoms with Crippen LogP contribution in [-0.2, 0) is 26.8 Å². The number of hydrogen-bond acceptors (Lipinski definition) is 11. The van der Waals surface area contributed by atoms with E-state index < -0.39 is 31.7 Å². The molecule has 2 aromatic carbocycles. The molecular weight excluding hydrogens is 608 g/mol. The molecule has 0 radical (unpaired) electrons. The van der Waals surface area contributed by atoms with Gasteiger partial charge in [-0.3, -0.25) is 9.11 Å². The lowest BCUT2D eigenvalue weighted by Gasteiger charge is -2.19. The number of aromatic nitrogens is 1. The monoisotopic (exact) mass is 637 g/mol. The van der Waals surface area contributed by atoms with Gasteiger partial charge < -0.3 is 33.0 Å². The maximum atomic E-state index is 11.4. The largest absolute Gasteiger partial charge is 0.454 e. The van der Waals surface area contributed by atoms with Crippen LogP contribution in [0.4, 0.5) is 5.69 Å². The Kier molecular flexibility index (Phi) is 7.62. The molecule has 0 fully saturated rings. The van der Waals surface area contributed by atoms with Crippen LogP contribution in [0.5, 0.6) is 28.7 Å². The summed E-state index contributed by atoms with van der Waals surface area (Å²) in [5, 5.41) is 0. The van der Waals surface area contributed by atoms with Crippen LogP contribution >= 0.6 is 0 Å². The lowest BCUT2D eigenvalue weighted by molar-refractivity contribution is -0.678. The van der Waals surface area contributed by atoms with Gasteiger partial charge in [-0.25, -0.2) is 0 Å². The van der Waals surface area contributed by atoms with Crippen LogP contribution in [0.15, 0.2) is 46.2 Å². The minimum atomic E-state index is -4.17. The first-order valence-electron chi connectivity index (χ1n) is 13.5. The lowest BCUT2D eigenvalue weighted by Crippen LogP contribution is -2.36. The number of allylic oxidation sites excluding steroid dienone is 2. The second-order valence-electron chi connectivity index (χ2n) is 9.97. The zero-order valence-corrected chi connectivity index (χ0v) is 24.6. The van der Waals surface area contributed by atoms with Gasteiger partial charge in [0.15, 0.2) is 29.5 Å². The SMILES string of the molecule is CCC(=Cc1oc2ccc3c(c2[n+]1CCCS(=O)(=O)O)OCO3)C=C1Oc2ccc3c(c2N1CCCS(=O)(=O)O)OCO3. The Morgan fingerprint density at radius 3 is 2.28 bits per heavy atom. The molecule has 3 aromatic rings. The van der Waals surface area contributed by atoms with Crippen molar-refractivity contribution >= 4 is 43.1 Å². The molecule has 0 saturated heterocycles. The summed E-state index contributed by atoms with van der Waals surface area (Å²) >= 11 is 0. The molecule has 0 saturated carbocycles. The topological polar surface area (TPSA) is 175 Å². The minimum absolute atomic E-state index is 0.0336. The van der Waals surface area contributed by atoms with E-state index in [1.54, 1.807) is 45.9 Å². The van der Waals surface area contributed by atoms with Crippen molar-refractivity contribution in [2.24, 2.45) is 0 Å². The predicted molar refractivity (Wildman–Crippen MR) is 151 cm³/mol. The Hall–Kier alpha value is -3.99. The number of aryl methyl sites for hydroxylation is 1. The highest BCUT2D eigenvalue weighted by molar-refractivity contribution is 7.86. The minimum Gasteiger partial charge on any atom is -0.454 e. The Morgan fingerprint density at radius 1 is 0.907 bits per heavy atom. The quantitative estimate of drug-likeness (QED) is 0.232. The van der Waals surface area contributed by atoms with E-state index in [9.17, 15) is 25.9 Å². The van der Waals surface area contributed by atoms with Gasteiger partial charge in [-0.15, -0.1) is 0 Å². The van der Waals surface area contributed by atoms with Crippen LogP contribution in [0.25, 0.3) is 17.2 Å². The van der Waals surface area contributed by atoms with E-state index in [-0.39, 0.29) is 39.5 Å². The van der Waals surface area contributed by atoms with E-state index in [0.29, 0.717) is 63.7 Å². The number of nitrogens with zero attached hydrogens (tertiary/aromatic N) is 2. The molecule has 43 heavy (non-hydrogen) atoms. The fraction of sp³-hybridized carbons (Fsp3) is 0.370. The molecule has 3 aliphatic rings. The number of rotatable bonds is 11. The van der Waals surface area contributed by atoms with Crippen molar-refractivity contribution in [3.8, 4) is 28.7 Å². The Labute approximate surface area is 247 Å². The number of hydrogen-bond donors (Lipinski definition) is 2. The van der Waals surface area contributed by atoms with Gasteiger partial charge in [-0.1, -0.05) is 6.92 Å². The molecule has 230 valence electrons. The third-order valence-electron chi connectivity index (χ3n) is 7.05. The zero-order chi connectivity index (χ0) is 30.4. The lowest BCUT2D eigenvalue weighted by atomic mass is 10.1. The van der Waals surface area contributed by atoms with E-state index in [1.807, 2.05) is 6.92 Å². The van der Waals surface area contributed by atoms with Crippen LogP contribution in [-0.4, -0.2) is 57.6 Å². The molecule has 0 unspecified atom stereocenters. The molecule has 0 aliphatic carbocycles. The predicted octanol–water partition coefficient (Wildman–Crippen LogP) is 3.27. The van der Waals surface area contributed by atoms with Gasteiger partial charge in [0.25, 0.3) is 25.8 Å². The molecule has 1 aromatic heterocycles. The standard InChI is InChI=1S/C27H28N2O12S2/c1-2-17(13-22-28(9-3-11-42(30,31)32)24-18(40-22)5-7-20-26(24)38-15-36-20)14-23-29(10-4-12-43(33,34)35)25-19(41-23)6-8-21-27(25)39-16-37-21/h5-8,13-14H,2-4,9-12,15-16H2,1H3,(H-,30,31,32,33,34,35)/p+1. The molecule has 6 rings (SSSR count). The maximum absolute atomic E-state index is 11.4. The van der Waals surface area contributed by atoms with Gasteiger partial charge in [0, 0.05) is 19.0 Å². The third kappa shape index (κ3) is 6.08. The van der Waals surface area contributed by atoms with Crippen LogP contribution in [0, 0.1) is 0 Å². The third-order valence-corrected chi connectivity index (χ3v) is 8.66. The van der Waals surface area contributed by atoms with Gasteiger partial charge in [0.05, 0.1) is 17.6 Å². The molecule has 3 aliphatic heterocycles. The van der Waals surface area contributed by atoms with E-state index in [0.717, 1.165) is 5.57 Å². The Morgan fingerprint density at radius 2 is 1.56 bits per heavy atom. The zero-order valence-electron chi connectivity index (χ0n) is 23.0. The van der Waals surface area contributed by atoms with Crippen molar-refractivity contribution in [1.82, 2.24) is 0 Å². The van der Waals surface area contributed by atoms with E-state index in [2.05, 4.69) is 0 Å². The Balaban J connectivity index is 1.39. The first-order valence-corrected chi connectivity index (χ1v) is 16.7. The van der Waals surface area contributed by atoms with Gasteiger partial charge in [0.2, 0.25) is 30.8 Å². The average molecular weight is 638 g/mol. The Bertz CT molecular complexity index is 1860. The van der Waals surface area contributed by atoms with Crippen molar-refractivity contribution in [2.75, 3.05) is 36.5 Å². The number of ether oxygens (including phenoxy) is 5. The summed E-state index contributed by atoms with van der Waals surface area (Å²) in [6, 6.07) is 6.93.